The third-order valence-electron chi connectivity index (χ3n) is 4.26. The molecule has 116 valence electrons. The summed E-state index contributed by atoms with van der Waals surface area (Å²) in [5.41, 5.74) is 9.45. The van der Waals surface area contributed by atoms with Crippen LogP contribution in [0.1, 0.15) is 25.3 Å². The van der Waals surface area contributed by atoms with Crippen molar-refractivity contribution in [3.05, 3.63) is 54.1 Å². The summed E-state index contributed by atoms with van der Waals surface area (Å²) in [4.78, 5) is 2.39. The predicted octanol–water partition coefficient (Wildman–Crippen LogP) is 3.88. The first-order chi connectivity index (χ1) is 10.8. The van der Waals surface area contributed by atoms with Crippen LogP contribution in [0.3, 0.4) is 0 Å². The molecule has 3 nitrogen and oxygen atoms in total. The van der Waals surface area contributed by atoms with E-state index < -0.39 is 0 Å². The first-order valence-corrected chi connectivity index (χ1v) is 8.12. The first kappa shape index (κ1) is 14.8. The summed E-state index contributed by atoms with van der Waals surface area (Å²) in [5, 5.41) is 0. The van der Waals surface area contributed by atoms with E-state index in [0.29, 0.717) is 0 Å². The minimum Gasteiger partial charge on any atom is -0.486 e. The minimum atomic E-state index is 0.256. The molecule has 0 saturated heterocycles. The van der Waals surface area contributed by atoms with Gasteiger partial charge in [0, 0.05) is 6.54 Å². The molecule has 0 saturated carbocycles. The van der Waals surface area contributed by atoms with E-state index in [1.54, 1.807) is 0 Å². The van der Waals surface area contributed by atoms with E-state index >= 15 is 0 Å². The molecule has 1 aliphatic heterocycles. The Morgan fingerprint density at radius 3 is 2.73 bits per heavy atom. The summed E-state index contributed by atoms with van der Waals surface area (Å²) in [5.74, 6) is 0.929. The molecule has 2 aromatic rings. The Labute approximate surface area is 132 Å². The maximum Gasteiger partial charge on any atom is 0.145 e. The second kappa shape index (κ2) is 6.73. The van der Waals surface area contributed by atoms with Crippen molar-refractivity contribution < 1.29 is 4.74 Å². The predicted molar refractivity (Wildman–Crippen MR) is 92.5 cm³/mol. The van der Waals surface area contributed by atoms with E-state index in [1.165, 1.54) is 5.56 Å². The summed E-state index contributed by atoms with van der Waals surface area (Å²) in [6.07, 6.45) is 3.49. The molecule has 1 atom stereocenters. The highest BCUT2D eigenvalue weighted by Crippen LogP contribution is 2.38. The van der Waals surface area contributed by atoms with Gasteiger partial charge in [0.05, 0.1) is 12.2 Å². The molecular formula is C19H24N2O. The lowest BCUT2D eigenvalue weighted by atomic mass is 10.1. The number of hydrogen-bond donors (Lipinski definition) is 1. The maximum absolute atomic E-state index is 6.18. The highest BCUT2D eigenvalue weighted by Gasteiger charge is 2.25. The van der Waals surface area contributed by atoms with E-state index in [9.17, 15) is 0 Å². The van der Waals surface area contributed by atoms with Crippen LogP contribution in [0.15, 0.2) is 48.5 Å². The van der Waals surface area contributed by atoms with Gasteiger partial charge in [0.1, 0.15) is 17.5 Å². The number of aryl methyl sites for hydroxylation is 1. The lowest BCUT2D eigenvalue weighted by Gasteiger charge is -2.37. The van der Waals surface area contributed by atoms with Gasteiger partial charge in [-0.05, 0) is 37.0 Å². The third kappa shape index (κ3) is 3.19. The van der Waals surface area contributed by atoms with Crippen molar-refractivity contribution in [2.24, 2.45) is 0 Å². The van der Waals surface area contributed by atoms with Gasteiger partial charge in [-0.3, -0.25) is 0 Å². The second-order valence-electron chi connectivity index (χ2n) is 5.88. The van der Waals surface area contributed by atoms with Crippen LogP contribution in [0.4, 0.5) is 11.4 Å². The standard InChI is InChI=1S/C19H24N2O/c1-2-16-14-21(13-7-10-15-8-4-3-5-9-15)19-17(20)11-6-12-18(19)22-16/h3-6,8-9,11-12,16H,2,7,10,13-14,20H2,1H3. The van der Waals surface area contributed by atoms with Gasteiger partial charge >= 0.3 is 0 Å². The Morgan fingerprint density at radius 2 is 1.95 bits per heavy atom. The van der Waals surface area contributed by atoms with Gasteiger partial charge in [0.15, 0.2) is 0 Å². The molecule has 0 aliphatic carbocycles. The average Bonchev–Trinajstić information content (AvgIpc) is 2.55. The molecule has 1 unspecified atom stereocenters. The molecule has 2 N–H and O–H groups in total. The van der Waals surface area contributed by atoms with E-state index in [2.05, 4.69) is 42.2 Å². The van der Waals surface area contributed by atoms with E-state index in [-0.39, 0.29) is 6.10 Å². The van der Waals surface area contributed by atoms with Crippen LogP contribution in [0, 0.1) is 0 Å². The van der Waals surface area contributed by atoms with Gasteiger partial charge in [-0.1, -0.05) is 43.3 Å². The summed E-state index contributed by atoms with van der Waals surface area (Å²) in [6, 6.07) is 16.6. The van der Waals surface area contributed by atoms with Crippen molar-refractivity contribution >= 4 is 11.4 Å². The Kier molecular flexibility index (Phi) is 4.52. The molecule has 2 aromatic carbocycles. The van der Waals surface area contributed by atoms with Crippen LogP contribution in [0.25, 0.3) is 0 Å². The molecule has 1 heterocycles. The molecule has 3 rings (SSSR count). The monoisotopic (exact) mass is 296 g/mol. The van der Waals surface area contributed by atoms with E-state index in [0.717, 1.165) is 49.5 Å². The quantitative estimate of drug-likeness (QED) is 0.851. The highest BCUT2D eigenvalue weighted by atomic mass is 16.5. The van der Waals surface area contributed by atoms with Crippen LogP contribution in [0.2, 0.25) is 0 Å². The normalized spacial score (nSPS) is 17.0. The smallest absolute Gasteiger partial charge is 0.145 e. The van der Waals surface area contributed by atoms with Gasteiger partial charge in [-0.25, -0.2) is 0 Å². The zero-order chi connectivity index (χ0) is 15.4. The number of para-hydroxylation sites is 1. The van der Waals surface area contributed by atoms with Gasteiger partial charge in [0.25, 0.3) is 0 Å². The number of nitrogens with two attached hydrogens (primary N) is 1. The van der Waals surface area contributed by atoms with Crippen molar-refractivity contribution in [2.45, 2.75) is 32.3 Å². The lowest BCUT2D eigenvalue weighted by Crippen LogP contribution is -2.40. The van der Waals surface area contributed by atoms with Crippen molar-refractivity contribution in [2.75, 3.05) is 23.7 Å². The maximum atomic E-state index is 6.18. The molecule has 22 heavy (non-hydrogen) atoms. The summed E-state index contributed by atoms with van der Waals surface area (Å²) >= 11 is 0. The first-order valence-electron chi connectivity index (χ1n) is 8.12. The lowest BCUT2D eigenvalue weighted by molar-refractivity contribution is 0.189. The van der Waals surface area contributed by atoms with Gasteiger partial charge < -0.3 is 15.4 Å². The van der Waals surface area contributed by atoms with Gasteiger partial charge in [0.2, 0.25) is 0 Å². The van der Waals surface area contributed by atoms with Crippen LogP contribution in [-0.2, 0) is 6.42 Å². The third-order valence-corrected chi connectivity index (χ3v) is 4.26. The fourth-order valence-electron chi connectivity index (χ4n) is 3.06. The Bertz CT molecular complexity index is 612. The largest absolute Gasteiger partial charge is 0.486 e. The summed E-state index contributed by atoms with van der Waals surface area (Å²) in [6.45, 7) is 4.10. The van der Waals surface area contributed by atoms with E-state index in [4.69, 9.17) is 10.5 Å². The highest BCUT2D eigenvalue weighted by molar-refractivity contribution is 5.75. The van der Waals surface area contributed by atoms with Crippen molar-refractivity contribution in [3.8, 4) is 5.75 Å². The molecule has 0 aromatic heterocycles. The van der Waals surface area contributed by atoms with Crippen LogP contribution in [-0.4, -0.2) is 19.2 Å². The van der Waals surface area contributed by atoms with Gasteiger partial charge in [-0.15, -0.1) is 0 Å². The van der Waals surface area contributed by atoms with Crippen LogP contribution in [0.5, 0.6) is 5.75 Å². The Balaban J connectivity index is 1.70. The number of hydrogen-bond acceptors (Lipinski definition) is 3. The zero-order valence-electron chi connectivity index (χ0n) is 13.2. The summed E-state index contributed by atoms with van der Waals surface area (Å²) < 4.78 is 6.04. The summed E-state index contributed by atoms with van der Waals surface area (Å²) in [7, 11) is 0. The second-order valence-corrected chi connectivity index (χ2v) is 5.88. The number of rotatable bonds is 5. The number of ether oxygens (including phenoxy) is 1. The number of anilines is 2. The molecule has 1 aliphatic rings. The van der Waals surface area contributed by atoms with Gasteiger partial charge in [-0.2, -0.15) is 0 Å². The van der Waals surface area contributed by atoms with Crippen molar-refractivity contribution in [1.29, 1.82) is 0 Å². The fraction of sp³-hybridized carbons (Fsp3) is 0.368. The van der Waals surface area contributed by atoms with E-state index in [1.807, 2.05) is 18.2 Å². The Hall–Kier alpha value is -2.16. The van der Waals surface area contributed by atoms with Crippen LogP contribution >= 0.6 is 0 Å². The number of nitrogen functional groups attached to an aromatic ring is 1. The molecule has 0 bridgehead atoms. The Morgan fingerprint density at radius 1 is 1.14 bits per heavy atom. The average molecular weight is 296 g/mol. The molecule has 0 spiro atoms. The fourth-order valence-corrected chi connectivity index (χ4v) is 3.06. The van der Waals surface area contributed by atoms with Crippen LogP contribution < -0.4 is 15.4 Å². The molecule has 0 fully saturated rings. The topological polar surface area (TPSA) is 38.5 Å². The number of nitrogens with zero attached hydrogens (tertiary/aromatic N) is 1. The zero-order valence-corrected chi connectivity index (χ0v) is 13.2. The van der Waals surface area contributed by atoms with Crippen molar-refractivity contribution in [1.82, 2.24) is 0 Å². The molecule has 3 heteroatoms. The molecular weight excluding hydrogens is 272 g/mol. The minimum absolute atomic E-state index is 0.256. The number of fused-ring (bicyclic) bond motifs is 1. The molecule has 0 radical (unpaired) electrons. The number of benzene rings is 2. The SMILES string of the molecule is CCC1CN(CCCc2ccccc2)c2c(N)cccc2O1. The van der Waals surface area contributed by atoms with Crippen molar-refractivity contribution in [3.63, 3.8) is 0 Å². The molecule has 0 amide bonds.